The number of fused-ring (bicyclic) bond motifs is 1. The van der Waals surface area contributed by atoms with Gasteiger partial charge in [-0.3, -0.25) is 18.9 Å². The minimum Gasteiger partial charge on any atom is -0.315 e. The Balaban J connectivity index is 2.47. The molecule has 0 aliphatic heterocycles. The molecule has 114 valence electrons. The van der Waals surface area contributed by atoms with Crippen molar-refractivity contribution in [3.63, 3.8) is 0 Å². The Hall–Kier alpha value is -2.16. The van der Waals surface area contributed by atoms with Gasteiger partial charge in [-0.25, -0.2) is 4.79 Å². The first-order valence-electron chi connectivity index (χ1n) is 6.37. The number of hydrogen-bond acceptors (Lipinski definition) is 5. The van der Waals surface area contributed by atoms with E-state index in [-0.39, 0.29) is 17.1 Å². The van der Waals surface area contributed by atoms with Crippen molar-refractivity contribution in [3.05, 3.63) is 20.8 Å². The lowest BCUT2D eigenvalue weighted by Gasteiger charge is -2.11. The zero-order chi connectivity index (χ0) is 15.6. The van der Waals surface area contributed by atoms with E-state index in [4.69, 9.17) is 11.6 Å². The average Bonchev–Trinajstić information content (AvgIpc) is 2.91. The van der Waals surface area contributed by atoms with E-state index >= 15 is 0 Å². The van der Waals surface area contributed by atoms with E-state index in [9.17, 15) is 9.59 Å². The van der Waals surface area contributed by atoms with Crippen molar-refractivity contribution in [2.45, 2.75) is 6.92 Å². The van der Waals surface area contributed by atoms with E-state index in [0.717, 1.165) is 4.57 Å². The molecule has 0 saturated heterocycles. The maximum Gasteiger partial charge on any atom is 0.332 e. The Morgan fingerprint density at radius 2 is 2.05 bits per heavy atom. The van der Waals surface area contributed by atoms with Crippen molar-refractivity contribution in [3.8, 4) is 0 Å². The highest BCUT2D eigenvalue weighted by Gasteiger charge is 2.13. The van der Waals surface area contributed by atoms with E-state index in [1.807, 2.05) is 6.92 Å². The first-order chi connectivity index (χ1) is 9.99. The molecule has 0 unspecified atom stereocenters. The van der Waals surface area contributed by atoms with Crippen LogP contribution in [-0.4, -0.2) is 43.1 Å². The van der Waals surface area contributed by atoms with Crippen molar-refractivity contribution in [2.24, 2.45) is 24.4 Å². The van der Waals surface area contributed by atoms with E-state index < -0.39 is 11.2 Å². The van der Waals surface area contributed by atoms with Crippen LogP contribution in [0, 0.1) is 0 Å². The highest BCUT2D eigenvalue weighted by atomic mass is 35.5. The maximum absolute atomic E-state index is 12.0. The van der Waals surface area contributed by atoms with Crippen LogP contribution in [0.1, 0.15) is 6.92 Å². The molecule has 0 fully saturated rings. The minimum atomic E-state index is -0.449. The van der Waals surface area contributed by atoms with Gasteiger partial charge >= 0.3 is 5.69 Å². The van der Waals surface area contributed by atoms with Gasteiger partial charge in [0.05, 0.1) is 6.54 Å². The predicted octanol–water partition coefficient (Wildman–Crippen LogP) is 0.520. The molecule has 0 radical (unpaired) electrons. The number of imidazole rings is 1. The smallest absolute Gasteiger partial charge is 0.315 e. The largest absolute Gasteiger partial charge is 0.332 e. The van der Waals surface area contributed by atoms with Crippen molar-refractivity contribution in [2.75, 3.05) is 19.0 Å². The van der Waals surface area contributed by atoms with Crippen LogP contribution in [0.15, 0.2) is 19.9 Å². The normalized spacial score (nSPS) is 11.6. The third-order valence-corrected chi connectivity index (χ3v) is 3.22. The summed E-state index contributed by atoms with van der Waals surface area (Å²) in [4.78, 5) is 30.7. The molecule has 0 amide bonds. The zero-order valence-electron chi connectivity index (χ0n) is 12.0. The summed E-state index contributed by atoms with van der Waals surface area (Å²) in [5, 5.41) is 9.59. The van der Waals surface area contributed by atoms with Crippen molar-refractivity contribution in [1.29, 1.82) is 0 Å². The summed E-state index contributed by atoms with van der Waals surface area (Å²) in [5.74, 6) is 0.596. The second kappa shape index (κ2) is 6.08. The van der Waals surface area contributed by atoms with Gasteiger partial charge in [0.25, 0.3) is 11.5 Å². The number of aromatic amines is 1. The van der Waals surface area contributed by atoms with Crippen LogP contribution in [0.4, 0.5) is 5.95 Å². The molecule has 0 aliphatic rings. The first-order valence-corrected chi connectivity index (χ1v) is 6.91. The molecule has 21 heavy (non-hydrogen) atoms. The summed E-state index contributed by atoms with van der Waals surface area (Å²) in [6, 6.07) is 0. The molecule has 2 aromatic heterocycles. The molecule has 1 N–H and O–H groups in total. The molecule has 0 bridgehead atoms. The van der Waals surface area contributed by atoms with Crippen molar-refractivity contribution >= 4 is 28.7 Å². The fourth-order valence-corrected chi connectivity index (χ4v) is 2.03. The first kappa shape index (κ1) is 15.2. The Bertz CT molecular complexity index is 788. The number of halogens is 1. The third-order valence-electron chi connectivity index (χ3n) is 3.06. The average molecular weight is 314 g/mol. The Morgan fingerprint density at radius 3 is 2.67 bits per heavy atom. The monoisotopic (exact) mass is 313 g/mol. The summed E-state index contributed by atoms with van der Waals surface area (Å²) in [7, 11) is 2.95. The highest BCUT2D eigenvalue weighted by molar-refractivity contribution is 6.18. The van der Waals surface area contributed by atoms with E-state index in [1.165, 1.54) is 18.7 Å². The summed E-state index contributed by atoms with van der Waals surface area (Å²) < 4.78 is 2.29. The quantitative estimate of drug-likeness (QED) is 0.494. The number of hydrogen-bond donors (Lipinski definition) is 1. The van der Waals surface area contributed by atoms with Gasteiger partial charge in [0.2, 0.25) is 0 Å². The van der Waals surface area contributed by atoms with Crippen molar-refractivity contribution < 1.29 is 0 Å². The van der Waals surface area contributed by atoms with Gasteiger partial charge in [0, 0.05) is 26.5 Å². The molecule has 0 atom stereocenters. The number of nitrogens with zero attached hydrogens (tertiary/aromatic N) is 6. The molecule has 2 aromatic rings. The molecule has 10 heteroatoms. The summed E-state index contributed by atoms with van der Waals surface area (Å²) >= 11 is 5.65. The fourth-order valence-electron chi connectivity index (χ4n) is 1.83. The standard InChI is InChI=1S/C11H16ClN7O2/c1-4-19(6-5-12)16-15-10-13-7-8(14-10)17(2)11(21)18(3)9(7)20/h4-6H2,1-3H3,(H,13,14). The second-order valence-corrected chi connectivity index (χ2v) is 4.77. The Kier molecular flexibility index (Phi) is 4.41. The number of rotatable bonds is 5. The number of nitrogens with one attached hydrogen (secondary N) is 1. The van der Waals surface area contributed by atoms with Crippen LogP contribution in [0.2, 0.25) is 0 Å². The number of aryl methyl sites for hydroxylation is 1. The summed E-state index contributed by atoms with van der Waals surface area (Å²) in [6.07, 6.45) is 0. The third kappa shape index (κ3) is 2.82. The molecule has 9 nitrogen and oxygen atoms in total. The second-order valence-electron chi connectivity index (χ2n) is 4.39. The zero-order valence-corrected chi connectivity index (χ0v) is 12.8. The van der Waals surface area contributed by atoms with Crippen LogP contribution >= 0.6 is 11.6 Å². The predicted molar refractivity (Wildman–Crippen MR) is 79.1 cm³/mol. The molecule has 2 heterocycles. The van der Waals surface area contributed by atoms with E-state index in [1.54, 1.807) is 5.01 Å². The maximum atomic E-state index is 12.0. The molecule has 0 aliphatic carbocycles. The molecule has 2 rings (SSSR count). The molecule has 0 saturated carbocycles. The van der Waals surface area contributed by atoms with Crippen LogP contribution in [0.5, 0.6) is 0 Å². The number of alkyl halides is 1. The van der Waals surface area contributed by atoms with Crippen LogP contribution in [0.25, 0.3) is 11.2 Å². The van der Waals surface area contributed by atoms with Crippen LogP contribution in [0.3, 0.4) is 0 Å². The molecular formula is C11H16ClN7O2. The number of aromatic nitrogens is 4. The van der Waals surface area contributed by atoms with E-state index in [0.29, 0.717) is 19.0 Å². The molecule has 0 spiro atoms. The van der Waals surface area contributed by atoms with Gasteiger partial charge in [0.15, 0.2) is 11.2 Å². The summed E-state index contributed by atoms with van der Waals surface area (Å²) in [6.45, 7) is 3.13. The van der Waals surface area contributed by atoms with Crippen LogP contribution in [-0.2, 0) is 14.1 Å². The fraction of sp³-hybridized carbons (Fsp3) is 0.545. The lowest BCUT2D eigenvalue weighted by atomic mass is 10.5. The van der Waals surface area contributed by atoms with Gasteiger partial charge < -0.3 is 4.98 Å². The summed E-state index contributed by atoms with van der Waals surface area (Å²) in [5.41, 5.74) is -0.429. The molecular weight excluding hydrogens is 298 g/mol. The van der Waals surface area contributed by atoms with Crippen LogP contribution < -0.4 is 11.2 Å². The topological polar surface area (TPSA) is 101 Å². The lowest BCUT2D eigenvalue weighted by molar-refractivity contribution is 0.302. The van der Waals surface area contributed by atoms with Crippen molar-refractivity contribution in [1.82, 2.24) is 24.1 Å². The Morgan fingerprint density at radius 1 is 1.33 bits per heavy atom. The van der Waals surface area contributed by atoms with Gasteiger partial charge in [-0.05, 0) is 6.92 Å². The molecule has 0 aromatic carbocycles. The van der Waals surface area contributed by atoms with Gasteiger partial charge in [-0.1, -0.05) is 10.3 Å². The highest BCUT2D eigenvalue weighted by Crippen LogP contribution is 2.12. The van der Waals surface area contributed by atoms with Gasteiger partial charge in [-0.2, -0.15) is 4.98 Å². The Labute approximate surface area is 124 Å². The lowest BCUT2D eigenvalue weighted by Crippen LogP contribution is -2.36. The van der Waals surface area contributed by atoms with E-state index in [2.05, 4.69) is 20.3 Å². The number of H-pyrrole nitrogens is 1. The van der Waals surface area contributed by atoms with Gasteiger partial charge in [0.1, 0.15) is 0 Å². The minimum absolute atomic E-state index is 0.163. The van der Waals surface area contributed by atoms with Gasteiger partial charge in [-0.15, -0.1) is 11.6 Å². The SMILES string of the molecule is CCN(CCCl)N=Nc1nc2c([nH]1)c(=O)n(C)c(=O)n2C.